The Balaban J connectivity index is 1.04. The minimum atomic E-state index is 0.713. The van der Waals surface area contributed by atoms with Crippen LogP contribution in [0.5, 0.6) is 0 Å². The van der Waals surface area contributed by atoms with Crippen molar-refractivity contribution in [2.24, 2.45) is 0 Å². The summed E-state index contributed by atoms with van der Waals surface area (Å²) < 4.78 is 0. The molecule has 0 aliphatic heterocycles. The molecule has 0 radical (unpaired) electrons. The molecule has 0 spiro atoms. The Morgan fingerprint density at radius 2 is 0.625 bits per heavy atom. The lowest BCUT2D eigenvalue weighted by Crippen LogP contribution is -1.96. The molecule has 0 saturated carbocycles. The Bertz CT molecular complexity index is 3870. The van der Waals surface area contributed by atoms with Crippen molar-refractivity contribution in [1.82, 2.24) is 9.97 Å². The molecule has 0 bridgehead atoms. The summed E-state index contributed by atoms with van der Waals surface area (Å²) in [7, 11) is 0. The molecule has 1 aromatic heterocycles. The van der Waals surface area contributed by atoms with E-state index in [1.807, 2.05) is 24.3 Å². The second kappa shape index (κ2) is 14.6. The molecule has 0 atom stereocenters. The predicted molar refractivity (Wildman–Crippen MR) is 272 cm³/mol. The molecule has 2 nitrogen and oxygen atoms in total. The minimum Gasteiger partial charge on any atom is -0.228 e. The van der Waals surface area contributed by atoms with Gasteiger partial charge in [0.05, 0.1) is 11.4 Å². The largest absolute Gasteiger partial charge is 0.228 e. The first kappa shape index (κ1) is 36.2. The molecule has 0 N–H and O–H groups in total. The summed E-state index contributed by atoms with van der Waals surface area (Å²) in [6.07, 6.45) is 0. The van der Waals surface area contributed by atoms with Crippen molar-refractivity contribution in [3.05, 3.63) is 231 Å². The van der Waals surface area contributed by atoms with E-state index in [-0.39, 0.29) is 0 Å². The second-order valence-electron chi connectivity index (χ2n) is 16.8. The fraction of sp³-hybridized carbons (Fsp3) is 0. The molecular formula is C62H38N2. The first-order chi connectivity index (χ1) is 31.7. The summed E-state index contributed by atoms with van der Waals surface area (Å²) in [5, 5.41) is 17.6. The quantitative estimate of drug-likeness (QED) is 0.128. The summed E-state index contributed by atoms with van der Waals surface area (Å²) in [5.74, 6) is 0.713. The van der Waals surface area contributed by atoms with Crippen molar-refractivity contribution in [3.63, 3.8) is 0 Å². The van der Waals surface area contributed by atoms with Gasteiger partial charge in [-0.3, -0.25) is 0 Å². The van der Waals surface area contributed by atoms with E-state index in [4.69, 9.17) is 9.97 Å². The van der Waals surface area contributed by atoms with Crippen LogP contribution in [-0.2, 0) is 0 Å². The molecule has 64 heavy (non-hydrogen) atoms. The normalized spacial score (nSPS) is 11.8. The number of aromatic nitrogens is 2. The summed E-state index contributed by atoms with van der Waals surface area (Å²) in [6, 6.07) is 83.8. The number of benzene rings is 11. The smallest absolute Gasteiger partial charge is 0.160 e. The lowest BCUT2D eigenvalue weighted by atomic mass is 9.84. The SMILES string of the molecule is c1ccc(-c2cc(-c3ccc(-c4c5ccccc5c(-c5cc6ccc7cccc8c9ccccc9c9ccccc9c(c5)c6c78)c5ccccc45)cc3)nc(-c3ccccc3)n2)cc1. The lowest BCUT2D eigenvalue weighted by molar-refractivity contribution is 1.18. The molecule has 0 unspecified atom stereocenters. The third-order valence-corrected chi connectivity index (χ3v) is 13.2. The van der Waals surface area contributed by atoms with Crippen molar-refractivity contribution < 1.29 is 0 Å². The average molecular weight is 811 g/mol. The Labute approximate surface area is 370 Å². The van der Waals surface area contributed by atoms with Crippen molar-refractivity contribution in [2.45, 2.75) is 0 Å². The molecule has 0 amide bonds. The average Bonchev–Trinajstić information content (AvgIpc) is 3.37. The summed E-state index contributed by atoms with van der Waals surface area (Å²) in [5.41, 5.74) is 9.74. The van der Waals surface area contributed by atoms with Crippen molar-refractivity contribution in [3.8, 4) is 56.2 Å². The number of rotatable bonds is 5. The van der Waals surface area contributed by atoms with Gasteiger partial charge in [-0.1, -0.05) is 212 Å². The van der Waals surface area contributed by atoms with Crippen LogP contribution < -0.4 is 0 Å². The highest BCUT2D eigenvalue weighted by Crippen LogP contribution is 2.47. The summed E-state index contributed by atoms with van der Waals surface area (Å²) in [6.45, 7) is 0. The van der Waals surface area contributed by atoms with Crippen LogP contribution in [-0.4, -0.2) is 9.97 Å². The van der Waals surface area contributed by atoms with Gasteiger partial charge in [-0.05, 0) is 116 Å². The number of hydrogen-bond donors (Lipinski definition) is 0. The van der Waals surface area contributed by atoms with Gasteiger partial charge in [0.25, 0.3) is 0 Å². The highest BCUT2D eigenvalue weighted by atomic mass is 14.9. The number of fused-ring (bicyclic) bond motifs is 7. The van der Waals surface area contributed by atoms with E-state index >= 15 is 0 Å². The molecule has 2 heteroatoms. The van der Waals surface area contributed by atoms with Crippen molar-refractivity contribution in [2.75, 3.05) is 0 Å². The molecule has 296 valence electrons. The van der Waals surface area contributed by atoms with Gasteiger partial charge in [0.15, 0.2) is 5.82 Å². The zero-order valence-electron chi connectivity index (χ0n) is 34.8. The molecule has 0 fully saturated rings. The number of hydrogen-bond acceptors (Lipinski definition) is 2. The van der Waals surface area contributed by atoms with Crippen molar-refractivity contribution in [1.29, 1.82) is 0 Å². The molecule has 12 aromatic carbocycles. The Kier molecular flexibility index (Phi) is 8.25. The van der Waals surface area contributed by atoms with Gasteiger partial charge >= 0.3 is 0 Å². The van der Waals surface area contributed by atoms with Crippen LogP contribution in [0.4, 0.5) is 0 Å². The first-order valence-electron chi connectivity index (χ1n) is 22.0. The summed E-state index contributed by atoms with van der Waals surface area (Å²) in [4.78, 5) is 10.2. The van der Waals surface area contributed by atoms with Crippen LogP contribution in [0.3, 0.4) is 0 Å². The highest BCUT2D eigenvalue weighted by Gasteiger charge is 2.20. The fourth-order valence-electron chi connectivity index (χ4n) is 10.4. The van der Waals surface area contributed by atoms with E-state index in [0.717, 1.165) is 33.6 Å². The maximum absolute atomic E-state index is 5.13. The van der Waals surface area contributed by atoms with E-state index in [2.05, 4.69) is 206 Å². The van der Waals surface area contributed by atoms with Gasteiger partial charge < -0.3 is 0 Å². The molecule has 0 aliphatic rings. The van der Waals surface area contributed by atoms with E-state index in [1.165, 1.54) is 92.1 Å². The van der Waals surface area contributed by atoms with Crippen LogP contribution in [0, 0.1) is 0 Å². The second-order valence-corrected chi connectivity index (χ2v) is 16.8. The topological polar surface area (TPSA) is 25.8 Å². The van der Waals surface area contributed by atoms with Gasteiger partial charge in [-0.2, -0.15) is 0 Å². The van der Waals surface area contributed by atoms with Gasteiger partial charge in [0.1, 0.15) is 0 Å². The third kappa shape index (κ3) is 5.73. The van der Waals surface area contributed by atoms with E-state index in [9.17, 15) is 0 Å². The van der Waals surface area contributed by atoms with Crippen LogP contribution in [0.1, 0.15) is 0 Å². The van der Waals surface area contributed by atoms with E-state index < -0.39 is 0 Å². The van der Waals surface area contributed by atoms with Gasteiger partial charge in [0.2, 0.25) is 0 Å². The van der Waals surface area contributed by atoms with Gasteiger partial charge in [-0.25, -0.2) is 9.97 Å². The highest BCUT2D eigenvalue weighted by molar-refractivity contribution is 6.34. The van der Waals surface area contributed by atoms with Crippen LogP contribution in [0.15, 0.2) is 231 Å². The summed E-state index contributed by atoms with van der Waals surface area (Å²) >= 11 is 0. The fourth-order valence-corrected chi connectivity index (χ4v) is 10.4. The van der Waals surface area contributed by atoms with E-state index in [1.54, 1.807) is 0 Å². The van der Waals surface area contributed by atoms with Gasteiger partial charge in [-0.15, -0.1) is 0 Å². The number of nitrogens with zero attached hydrogens (tertiary/aromatic N) is 2. The zero-order valence-corrected chi connectivity index (χ0v) is 34.8. The lowest BCUT2D eigenvalue weighted by Gasteiger charge is -2.19. The predicted octanol–water partition coefficient (Wildman–Crippen LogP) is 16.9. The van der Waals surface area contributed by atoms with Crippen LogP contribution in [0.25, 0.3) is 132 Å². The standard InChI is InChI=1S/C62H38N2/c1-3-16-39(17-4-1)56-38-57(64-62(63-56)43-18-5-2-6-19-43)40-30-32-42(33-31-40)58-51-25-11-13-27-53(51)59(54-28-14-12-26-52(54)58)45-36-44-35-34-41-20-15-29-50-48-23-9-7-21-46(48)47-22-8-10-24-49(47)55(37-45)61(44)60(41)50/h1-38H. The Morgan fingerprint density at radius 3 is 1.20 bits per heavy atom. The minimum absolute atomic E-state index is 0.713. The van der Waals surface area contributed by atoms with Crippen LogP contribution in [0.2, 0.25) is 0 Å². The monoisotopic (exact) mass is 810 g/mol. The zero-order chi connectivity index (χ0) is 42.1. The molecule has 0 aliphatic carbocycles. The molecular weight excluding hydrogens is 773 g/mol. The molecule has 13 rings (SSSR count). The first-order valence-corrected chi connectivity index (χ1v) is 22.0. The van der Waals surface area contributed by atoms with E-state index in [0.29, 0.717) is 5.82 Å². The van der Waals surface area contributed by atoms with Crippen LogP contribution >= 0.6 is 0 Å². The third-order valence-electron chi connectivity index (χ3n) is 13.2. The molecule has 0 saturated heterocycles. The maximum atomic E-state index is 5.13. The Morgan fingerprint density at radius 1 is 0.219 bits per heavy atom. The molecule has 1 heterocycles. The molecule has 13 aromatic rings. The van der Waals surface area contributed by atoms with Gasteiger partial charge in [0, 0.05) is 16.7 Å². The maximum Gasteiger partial charge on any atom is 0.160 e. The van der Waals surface area contributed by atoms with Crippen molar-refractivity contribution >= 4 is 75.4 Å². The Hall–Kier alpha value is -8.46.